The van der Waals surface area contributed by atoms with E-state index in [4.69, 9.17) is 0 Å². The monoisotopic (exact) mass is 278 g/mol. The average molecular weight is 278 g/mol. The molecule has 0 amide bonds. The van der Waals surface area contributed by atoms with Crippen LogP contribution in [0.15, 0.2) is 54.9 Å². The summed E-state index contributed by atoms with van der Waals surface area (Å²) in [5, 5.41) is 11.5. The molecule has 1 N–H and O–H groups in total. The summed E-state index contributed by atoms with van der Waals surface area (Å²) in [6.07, 6.45) is 1.71. The van der Waals surface area contributed by atoms with Crippen molar-refractivity contribution in [1.29, 1.82) is 0 Å². The van der Waals surface area contributed by atoms with Crippen molar-refractivity contribution in [2.45, 2.75) is 13.5 Å². The molecule has 1 heterocycles. The Hall–Kier alpha value is -2.62. The second-order valence-electron chi connectivity index (χ2n) is 5.19. The molecule has 21 heavy (non-hydrogen) atoms. The van der Waals surface area contributed by atoms with Gasteiger partial charge in [0, 0.05) is 24.8 Å². The van der Waals surface area contributed by atoms with E-state index in [1.165, 1.54) is 11.1 Å². The zero-order valence-corrected chi connectivity index (χ0v) is 12.2. The largest absolute Gasteiger partial charge is 0.381 e. The summed E-state index contributed by atoms with van der Waals surface area (Å²) < 4.78 is 1.92. The minimum absolute atomic E-state index is 0.809. The molecule has 0 bridgehead atoms. The molecule has 0 aliphatic carbocycles. The minimum Gasteiger partial charge on any atom is -0.381 e. The number of anilines is 1. The highest BCUT2D eigenvalue weighted by Gasteiger charge is 2.05. The summed E-state index contributed by atoms with van der Waals surface area (Å²) in [4.78, 5) is 0. The molecule has 0 unspecified atom stereocenters. The van der Waals surface area contributed by atoms with Crippen LogP contribution in [0.1, 0.15) is 11.1 Å². The third kappa shape index (κ3) is 3.11. The first-order chi connectivity index (χ1) is 10.2. The number of nitrogens with zero attached hydrogens (tertiary/aromatic N) is 3. The predicted octanol–water partition coefficient (Wildman–Crippen LogP) is 3.40. The van der Waals surface area contributed by atoms with Crippen LogP contribution in [0.3, 0.4) is 0 Å². The zero-order valence-electron chi connectivity index (χ0n) is 12.2. The lowest BCUT2D eigenvalue weighted by Crippen LogP contribution is -2.00. The number of hydrogen-bond acceptors (Lipinski definition) is 3. The van der Waals surface area contributed by atoms with Crippen LogP contribution in [0.2, 0.25) is 0 Å². The minimum atomic E-state index is 0.809. The lowest BCUT2D eigenvalue weighted by molar-refractivity contribution is 0.920. The van der Waals surface area contributed by atoms with Crippen LogP contribution < -0.4 is 5.32 Å². The summed E-state index contributed by atoms with van der Waals surface area (Å²) in [6.45, 7) is 2.92. The van der Waals surface area contributed by atoms with E-state index in [0.717, 1.165) is 23.6 Å². The van der Waals surface area contributed by atoms with Crippen molar-refractivity contribution in [2.75, 3.05) is 5.32 Å². The summed E-state index contributed by atoms with van der Waals surface area (Å²) in [6, 6.07) is 16.8. The highest BCUT2D eigenvalue weighted by Crippen LogP contribution is 2.20. The van der Waals surface area contributed by atoms with Crippen LogP contribution >= 0.6 is 0 Å². The Labute approximate surface area is 124 Å². The van der Waals surface area contributed by atoms with E-state index in [1.54, 1.807) is 6.33 Å². The predicted molar refractivity (Wildman–Crippen MR) is 84.9 cm³/mol. The van der Waals surface area contributed by atoms with E-state index in [0.29, 0.717) is 0 Å². The van der Waals surface area contributed by atoms with Gasteiger partial charge in [0.2, 0.25) is 0 Å². The molecule has 0 spiro atoms. The Morgan fingerprint density at radius 2 is 1.95 bits per heavy atom. The van der Waals surface area contributed by atoms with Crippen molar-refractivity contribution in [3.05, 3.63) is 66.0 Å². The quantitative estimate of drug-likeness (QED) is 0.795. The molecule has 106 valence electrons. The van der Waals surface area contributed by atoms with Crippen LogP contribution in [0.25, 0.3) is 11.4 Å². The highest BCUT2D eigenvalue weighted by molar-refractivity contribution is 5.62. The lowest BCUT2D eigenvalue weighted by Gasteiger charge is -2.09. The fraction of sp³-hybridized carbons (Fsp3) is 0.176. The number of aryl methyl sites for hydroxylation is 2. The maximum atomic E-state index is 4.14. The first kappa shape index (κ1) is 13.4. The Balaban J connectivity index is 1.76. The Bertz CT molecular complexity index is 746. The molecule has 1 aromatic heterocycles. The Kier molecular flexibility index (Phi) is 3.69. The van der Waals surface area contributed by atoms with E-state index in [1.807, 2.05) is 23.7 Å². The molecular weight excluding hydrogens is 260 g/mol. The number of nitrogens with one attached hydrogen (secondary N) is 1. The van der Waals surface area contributed by atoms with Crippen molar-refractivity contribution >= 4 is 5.69 Å². The van der Waals surface area contributed by atoms with E-state index >= 15 is 0 Å². The van der Waals surface area contributed by atoms with Crippen molar-refractivity contribution in [2.24, 2.45) is 7.05 Å². The molecule has 0 fully saturated rings. The van der Waals surface area contributed by atoms with Gasteiger partial charge in [-0.05, 0) is 24.6 Å². The first-order valence-electron chi connectivity index (χ1n) is 6.96. The SMILES string of the molecule is Cc1cccc(CNc2cccc(-c3nncn3C)c2)c1. The molecule has 3 aromatic rings. The molecule has 0 aliphatic heterocycles. The average Bonchev–Trinajstić information content (AvgIpc) is 2.92. The van der Waals surface area contributed by atoms with Gasteiger partial charge < -0.3 is 9.88 Å². The maximum absolute atomic E-state index is 4.14. The van der Waals surface area contributed by atoms with Gasteiger partial charge >= 0.3 is 0 Å². The number of benzene rings is 2. The normalized spacial score (nSPS) is 10.6. The molecule has 0 radical (unpaired) electrons. The van der Waals surface area contributed by atoms with Crippen molar-refractivity contribution in [3.8, 4) is 11.4 Å². The van der Waals surface area contributed by atoms with E-state index < -0.39 is 0 Å². The Morgan fingerprint density at radius 3 is 2.71 bits per heavy atom. The number of rotatable bonds is 4. The lowest BCUT2D eigenvalue weighted by atomic mass is 10.1. The van der Waals surface area contributed by atoms with Gasteiger partial charge in [-0.15, -0.1) is 10.2 Å². The third-order valence-electron chi connectivity index (χ3n) is 3.41. The zero-order chi connectivity index (χ0) is 14.7. The summed E-state index contributed by atoms with van der Waals surface area (Å²) in [5.41, 5.74) is 4.70. The Morgan fingerprint density at radius 1 is 1.10 bits per heavy atom. The van der Waals surface area contributed by atoms with Crippen molar-refractivity contribution in [1.82, 2.24) is 14.8 Å². The molecule has 0 aliphatic rings. The van der Waals surface area contributed by atoms with Crippen LogP contribution in [-0.4, -0.2) is 14.8 Å². The number of aromatic nitrogens is 3. The summed E-state index contributed by atoms with van der Waals surface area (Å²) in [5.74, 6) is 0.870. The van der Waals surface area contributed by atoms with Crippen LogP contribution in [-0.2, 0) is 13.6 Å². The van der Waals surface area contributed by atoms with Gasteiger partial charge in [-0.2, -0.15) is 0 Å². The fourth-order valence-electron chi connectivity index (χ4n) is 2.34. The molecule has 0 saturated carbocycles. The fourth-order valence-corrected chi connectivity index (χ4v) is 2.34. The molecular formula is C17H18N4. The molecule has 4 nitrogen and oxygen atoms in total. The molecule has 0 atom stereocenters. The summed E-state index contributed by atoms with van der Waals surface area (Å²) >= 11 is 0. The van der Waals surface area contributed by atoms with Gasteiger partial charge in [0.25, 0.3) is 0 Å². The molecule has 3 rings (SSSR count). The van der Waals surface area contributed by atoms with Crippen LogP contribution in [0.4, 0.5) is 5.69 Å². The molecule has 2 aromatic carbocycles. The second-order valence-corrected chi connectivity index (χ2v) is 5.19. The van der Waals surface area contributed by atoms with Gasteiger partial charge in [-0.25, -0.2) is 0 Å². The van der Waals surface area contributed by atoms with E-state index in [2.05, 4.69) is 58.8 Å². The first-order valence-corrected chi connectivity index (χ1v) is 6.96. The second kappa shape index (κ2) is 5.79. The van der Waals surface area contributed by atoms with Crippen molar-refractivity contribution in [3.63, 3.8) is 0 Å². The third-order valence-corrected chi connectivity index (χ3v) is 3.41. The smallest absolute Gasteiger partial charge is 0.163 e. The highest BCUT2D eigenvalue weighted by atomic mass is 15.2. The summed E-state index contributed by atoms with van der Waals surface area (Å²) in [7, 11) is 1.95. The van der Waals surface area contributed by atoms with Crippen LogP contribution in [0, 0.1) is 6.92 Å². The molecule has 4 heteroatoms. The maximum Gasteiger partial charge on any atom is 0.163 e. The van der Waals surface area contributed by atoms with Gasteiger partial charge in [-0.3, -0.25) is 0 Å². The van der Waals surface area contributed by atoms with Gasteiger partial charge in [0.05, 0.1) is 0 Å². The standard InChI is InChI=1S/C17H18N4/c1-13-5-3-6-14(9-13)11-18-16-8-4-7-15(10-16)17-20-19-12-21(17)2/h3-10,12,18H,11H2,1-2H3. The number of hydrogen-bond donors (Lipinski definition) is 1. The van der Waals surface area contributed by atoms with Crippen molar-refractivity contribution < 1.29 is 0 Å². The van der Waals surface area contributed by atoms with Gasteiger partial charge in [0.15, 0.2) is 5.82 Å². The van der Waals surface area contributed by atoms with Gasteiger partial charge in [0.1, 0.15) is 6.33 Å². The topological polar surface area (TPSA) is 42.7 Å². The molecule has 0 saturated heterocycles. The van der Waals surface area contributed by atoms with Gasteiger partial charge in [-0.1, -0.05) is 42.0 Å². The van der Waals surface area contributed by atoms with Crippen LogP contribution in [0.5, 0.6) is 0 Å². The van der Waals surface area contributed by atoms with E-state index in [9.17, 15) is 0 Å². The van der Waals surface area contributed by atoms with E-state index in [-0.39, 0.29) is 0 Å².